The van der Waals surface area contributed by atoms with Crippen molar-refractivity contribution in [1.29, 1.82) is 0 Å². The molecule has 2 aromatic carbocycles. The Kier molecular flexibility index (Phi) is 5.47. The third-order valence-corrected chi connectivity index (χ3v) is 4.53. The Labute approximate surface area is 159 Å². The number of hydrogen-bond donors (Lipinski definition) is 3. The van der Waals surface area contributed by atoms with Crippen molar-refractivity contribution in [2.24, 2.45) is 0 Å². The molecule has 0 atom stereocenters. The highest BCUT2D eigenvalue weighted by Crippen LogP contribution is 2.23. The number of aliphatic hydroxyl groups is 1. The lowest BCUT2D eigenvalue weighted by atomic mass is 9.87. The van der Waals surface area contributed by atoms with Crippen LogP contribution in [0.3, 0.4) is 0 Å². The van der Waals surface area contributed by atoms with Crippen LogP contribution in [0.2, 0.25) is 0 Å². The third-order valence-electron chi connectivity index (χ3n) is 4.53. The van der Waals surface area contributed by atoms with Gasteiger partial charge >= 0.3 is 0 Å². The molecule has 0 unspecified atom stereocenters. The van der Waals surface area contributed by atoms with E-state index in [2.05, 4.69) is 43.2 Å². The molecular formula is C23H26N2O2. The Bertz CT molecular complexity index is 960. The van der Waals surface area contributed by atoms with Gasteiger partial charge < -0.3 is 15.4 Å². The fourth-order valence-electron chi connectivity index (χ4n) is 2.97. The number of carbonyl (C=O) groups excluding carboxylic acids is 1. The summed E-state index contributed by atoms with van der Waals surface area (Å²) in [7, 11) is 0. The van der Waals surface area contributed by atoms with Crippen molar-refractivity contribution < 1.29 is 9.90 Å². The first-order chi connectivity index (χ1) is 12.8. The molecule has 140 valence electrons. The number of benzene rings is 2. The van der Waals surface area contributed by atoms with E-state index in [1.807, 2.05) is 42.5 Å². The van der Waals surface area contributed by atoms with E-state index in [0.717, 1.165) is 27.8 Å². The molecule has 1 aromatic heterocycles. The molecule has 0 aliphatic rings. The highest BCUT2D eigenvalue weighted by molar-refractivity contribution is 6.02. The van der Waals surface area contributed by atoms with E-state index < -0.39 is 0 Å². The fourth-order valence-corrected chi connectivity index (χ4v) is 2.97. The van der Waals surface area contributed by atoms with Crippen molar-refractivity contribution in [3.8, 4) is 0 Å². The second-order valence-electron chi connectivity index (χ2n) is 7.76. The lowest BCUT2D eigenvalue weighted by molar-refractivity contribution is -0.111. The van der Waals surface area contributed by atoms with Gasteiger partial charge in [-0.25, -0.2) is 0 Å². The molecule has 3 aromatic rings. The number of aromatic amines is 1. The van der Waals surface area contributed by atoms with Crippen LogP contribution >= 0.6 is 0 Å². The van der Waals surface area contributed by atoms with Crippen LogP contribution in [0.1, 0.15) is 37.6 Å². The molecule has 0 spiro atoms. The molecule has 27 heavy (non-hydrogen) atoms. The van der Waals surface area contributed by atoms with Gasteiger partial charge in [-0.05, 0) is 46.2 Å². The third kappa shape index (κ3) is 4.86. The van der Waals surface area contributed by atoms with Crippen LogP contribution in [-0.2, 0) is 16.6 Å². The predicted octanol–water partition coefficient (Wildman–Crippen LogP) is 4.65. The maximum absolute atomic E-state index is 12.2. The standard InChI is InChI=1S/C23H26N2O2/c1-23(2,3)18-8-4-16(5-9-18)6-11-22(27)25-19-10-7-17-14-20(12-13-26)24-21(17)15-19/h4-11,14-15,24,26H,12-13H2,1-3H3,(H,25,27)/b11-6+. The van der Waals surface area contributed by atoms with Crippen molar-refractivity contribution in [1.82, 2.24) is 4.98 Å². The summed E-state index contributed by atoms with van der Waals surface area (Å²) in [5, 5.41) is 13.0. The van der Waals surface area contributed by atoms with E-state index in [4.69, 9.17) is 5.11 Å². The highest BCUT2D eigenvalue weighted by Gasteiger charge is 2.12. The molecule has 0 radical (unpaired) electrons. The van der Waals surface area contributed by atoms with Crippen LogP contribution in [0.15, 0.2) is 54.6 Å². The summed E-state index contributed by atoms with van der Waals surface area (Å²) >= 11 is 0. The van der Waals surface area contributed by atoms with Crippen molar-refractivity contribution in [3.05, 3.63) is 71.4 Å². The Hall–Kier alpha value is -2.85. The number of aromatic nitrogens is 1. The number of fused-ring (bicyclic) bond motifs is 1. The Morgan fingerprint density at radius 1 is 1.11 bits per heavy atom. The second kappa shape index (κ2) is 7.80. The minimum absolute atomic E-state index is 0.109. The normalized spacial score (nSPS) is 12.0. The van der Waals surface area contributed by atoms with E-state index in [-0.39, 0.29) is 17.9 Å². The SMILES string of the molecule is CC(C)(C)c1ccc(/C=C/C(=O)Nc2ccc3cc(CCO)[nH]c3c2)cc1. The molecule has 3 N–H and O–H groups in total. The number of carbonyl (C=O) groups is 1. The summed E-state index contributed by atoms with van der Waals surface area (Å²) < 4.78 is 0. The summed E-state index contributed by atoms with van der Waals surface area (Å²) in [6.45, 7) is 6.65. The first-order valence-electron chi connectivity index (χ1n) is 9.17. The van der Waals surface area contributed by atoms with E-state index >= 15 is 0 Å². The van der Waals surface area contributed by atoms with Crippen LogP contribution < -0.4 is 5.32 Å². The molecule has 0 fully saturated rings. The number of amides is 1. The minimum atomic E-state index is -0.170. The van der Waals surface area contributed by atoms with Gasteiger partial charge in [0.15, 0.2) is 0 Å². The molecule has 0 bridgehead atoms. The van der Waals surface area contributed by atoms with Crippen LogP contribution in [0, 0.1) is 0 Å². The molecule has 0 aliphatic heterocycles. The van der Waals surface area contributed by atoms with Crippen molar-refractivity contribution >= 4 is 28.6 Å². The molecular weight excluding hydrogens is 336 g/mol. The minimum Gasteiger partial charge on any atom is -0.396 e. The Balaban J connectivity index is 1.66. The lowest BCUT2D eigenvalue weighted by Gasteiger charge is -2.18. The molecule has 0 saturated heterocycles. The average molecular weight is 362 g/mol. The maximum atomic E-state index is 12.2. The zero-order chi connectivity index (χ0) is 19.4. The van der Waals surface area contributed by atoms with Crippen molar-refractivity contribution in [2.45, 2.75) is 32.6 Å². The number of H-pyrrole nitrogens is 1. The summed E-state index contributed by atoms with van der Waals surface area (Å²) in [6, 6.07) is 16.0. The highest BCUT2D eigenvalue weighted by atomic mass is 16.3. The Morgan fingerprint density at radius 2 is 1.85 bits per heavy atom. The first kappa shape index (κ1) is 18.9. The van der Waals surface area contributed by atoms with E-state index in [0.29, 0.717) is 6.42 Å². The molecule has 4 nitrogen and oxygen atoms in total. The van der Waals surface area contributed by atoms with Crippen LogP contribution in [0.5, 0.6) is 0 Å². The van der Waals surface area contributed by atoms with Crippen molar-refractivity contribution in [2.75, 3.05) is 11.9 Å². The lowest BCUT2D eigenvalue weighted by Crippen LogP contribution is -2.10. The smallest absolute Gasteiger partial charge is 0.248 e. The van der Waals surface area contributed by atoms with Gasteiger partial charge in [0.1, 0.15) is 0 Å². The van der Waals surface area contributed by atoms with Gasteiger partial charge in [0.2, 0.25) is 5.91 Å². The quantitative estimate of drug-likeness (QED) is 0.578. The van der Waals surface area contributed by atoms with Crippen LogP contribution in [-0.4, -0.2) is 22.6 Å². The van der Waals surface area contributed by atoms with Crippen LogP contribution in [0.25, 0.3) is 17.0 Å². The number of hydrogen-bond acceptors (Lipinski definition) is 2. The molecule has 3 rings (SSSR count). The van der Waals surface area contributed by atoms with Gasteiger partial charge in [-0.3, -0.25) is 4.79 Å². The summed E-state index contributed by atoms with van der Waals surface area (Å²) in [6.07, 6.45) is 3.95. The molecule has 1 heterocycles. The molecule has 1 amide bonds. The Morgan fingerprint density at radius 3 is 2.52 bits per heavy atom. The zero-order valence-corrected chi connectivity index (χ0v) is 16.0. The maximum Gasteiger partial charge on any atom is 0.248 e. The summed E-state index contributed by atoms with van der Waals surface area (Å²) in [4.78, 5) is 15.5. The summed E-state index contributed by atoms with van der Waals surface area (Å²) in [5.74, 6) is -0.170. The zero-order valence-electron chi connectivity index (χ0n) is 16.0. The van der Waals surface area contributed by atoms with Gasteiger partial charge in [0, 0.05) is 36.0 Å². The van der Waals surface area contributed by atoms with Gasteiger partial charge in [-0.15, -0.1) is 0 Å². The molecule has 0 saturated carbocycles. The summed E-state index contributed by atoms with van der Waals surface area (Å²) in [5.41, 5.74) is 5.04. The predicted molar refractivity (Wildman–Crippen MR) is 112 cm³/mol. The molecule has 0 aliphatic carbocycles. The number of nitrogens with one attached hydrogen (secondary N) is 2. The van der Waals surface area contributed by atoms with E-state index in [1.54, 1.807) is 6.08 Å². The van der Waals surface area contributed by atoms with E-state index in [9.17, 15) is 4.79 Å². The van der Waals surface area contributed by atoms with Crippen molar-refractivity contribution in [3.63, 3.8) is 0 Å². The van der Waals surface area contributed by atoms with Gasteiger partial charge in [0.05, 0.1) is 0 Å². The topological polar surface area (TPSA) is 65.1 Å². The van der Waals surface area contributed by atoms with Crippen LogP contribution in [0.4, 0.5) is 5.69 Å². The number of anilines is 1. The molecule has 4 heteroatoms. The van der Waals surface area contributed by atoms with Gasteiger partial charge in [-0.2, -0.15) is 0 Å². The largest absolute Gasteiger partial charge is 0.396 e. The average Bonchev–Trinajstić information content (AvgIpc) is 3.01. The van der Waals surface area contributed by atoms with Gasteiger partial charge in [0.25, 0.3) is 0 Å². The number of rotatable bonds is 5. The number of aliphatic hydroxyl groups excluding tert-OH is 1. The van der Waals surface area contributed by atoms with E-state index in [1.165, 1.54) is 5.56 Å². The second-order valence-corrected chi connectivity index (χ2v) is 7.76. The fraction of sp³-hybridized carbons (Fsp3) is 0.261. The first-order valence-corrected chi connectivity index (χ1v) is 9.17. The van der Waals surface area contributed by atoms with Gasteiger partial charge in [-0.1, -0.05) is 51.1 Å². The monoisotopic (exact) mass is 362 g/mol.